The number of benzene rings is 1. The molecule has 9 heteroatoms. The molecule has 0 aliphatic rings. The third-order valence-corrected chi connectivity index (χ3v) is 5.04. The molecule has 0 saturated carbocycles. The zero-order valence-electron chi connectivity index (χ0n) is 11.1. The molecule has 0 aliphatic heterocycles. The van der Waals surface area contributed by atoms with Gasteiger partial charge in [0.15, 0.2) is 4.90 Å². The standard InChI is InChI=1S/C11H15BrN2O5S/c1-7(15)11(2,3)13-20(18,19)10-6-8(12)4-5-9(10)14(16)17/h4-7,13,15H,1-3H3. The Morgan fingerprint density at radius 3 is 2.45 bits per heavy atom. The smallest absolute Gasteiger partial charge is 0.289 e. The maximum absolute atomic E-state index is 12.3. The van der Waals surface area contributed by atoms with Crippen LogP contribution in [-0.4, -0.2) is 30.1 Å². The van der Waals surface area contributed by atoms with E-state index in [2.05, 4.69) is 20.7 Å². The number of hydrogen-bond donors (Lipinski definition) is 2. The van der Waals surface area contributed by atoms with Gasteiger partial charge in [0.05, 0.1) is 16.6 Å². The van der Waals surface area contributed by atoms with Gasteiger partial charge in [-0.1, -0.05) is 15.9 Å². The van der Waals surface area contributed by atoms with Crippen LogP contribution in [0.3, 0.4) is 0 Å². The van der Waals surface area contributed by atoms with Crippen molar-refractivity contribution in [2.24, 2.45) is 0 Å². The van der Waals surface area contributed by atoms with Gasteiger partial charge in [0.2, 0.25) is 10.0 Å². The molecular weight excluding hydrogens is 352 g/mol. The molecule has 0 aromatic heterocycles. The first kappa shape index (κ1) is 17.0. The number of nitro benzene ring substituents is 1. The molecular formula is C11H15BrN2O5S. The summed E-state index contributed by atoms with van der Waals surface area (Å²) in [6.45, 7) is 4.40. The Morgan fingerprint density at radius 2 is 2.00 bits per heavy atom. The monoisotopic (exact) mass is 366 g/mol. The third kappa shape index (κ3) is 3.75. The largest absolute Gasteiger partial charge is 0.391 e. The second kappa shape index (κ2) is 5.76. The van der Waals surface area contributed by atoms with E-state index in [1.165, 1.54) is 26.8 Å². The van der Waals surface area contributed by atoms with Gasteiger partial charge < -0.3 is 5.11 Å². The predicted octanol–water partition coefficient (Wildman–Crippen LogP) is 1.79. The van der Waals surface area contributed by atoms with Crippen LogP contribution in [0.5, 0.6) is 0 Å². The molecule has 0 bridgehead atoms. The normalized spacial score (nSPS) is 14.1. The van der Waals surface area contributed by atoms with Crippen LogP contribution in [0.25, 0.3) is 0 Å². The molecule has 0 fully saturated rings. The third-order valence-electron chi connectivity index (χ3n) is 2.85. The van der Waals surface area contributed by atoms with Crippen LogP contribution in [0.2, 0.25) is 0 Å². The topological polar surface area (TPSA) is 110 Å². The summed E-state index contributed by atoms with van der Waals surface area (Å²) >= 11 is 3.08. The lowest BCUT2D eigenvalue weighted by Crippen LogP contribution is -2.50. The van der Waals surface area contributed by atoms with Gasteiger partial charge in [-0.3, -0.25) is 10.1 Å². The molecule has 7 nitrogen and oxygen atoms in total. The molecule has 0 radical (unpaired) electrons. The van der Waals surface area contributed by atoms with Crippen LogP contribution >= 0.6 is 15.9 Å². The van der Waals surface area contributed by atoms with Crippen molar-refractivity contribution < 1.29 is 18.4 Å². The summed E-state index contributed by atoms with van der Waals surface area (Å²) in [6.07, 6.45) is -0.969. The number of halogens is 1. The highest BCUT2D eigenvalue weighted by atomic mass is 79.9. The fourth-order valence-corrected chi connectivity index (χ4v) is 3.53. The van der Waals surface area contributed by atoms with Crippen molar-refractivity contribution in [3.8, 4) is 0 Å². The van der Waals surface area contributed by atoms with Gasteiger partial charge in [0.1, 0.15) is 0 Å². The molecule has 1 unspecified atom stereocenters. The SMILES string of the molecule is CC(O)C(C)(C)NS(=O)(=O)c1cc(Br)ccc1[N+](=O)[O-]. The average molecular weight is 367 g/mol. The number of sulfonamides is 1. The zero-order valence-corrected chi connectivity index (χ0v) is 13.5. The first-order valence-electron chi connectivity index (χ1n) is 5.63. The van der Waals surface area contributed by atoms with E-state index in [-0.39, 0.29) is 0 Å². The van der Waals surface area contributed by atoms with Gasteiger partial charge in [-0.05, 0) is 32.9 Å². The number of hydrogen-bond acceptors (Lipinski definition) is 5. The van der Waals surface area contributed by atoms with Crippen molar-refractivity contribution in [3.63, 3.8) is 0 Å². The highest BCUT2D eigenvalue weighted by molar-refractivity contribution is 9.10. The van der Waals surface area contributed by atoms with Crippen LogP contribution in [-0.2, 0) is 10.0 Å². The van der Waals surface area contributed by atoms with Crippen LogP contribution in [0.1, 0.15) is 20.8 Å². The van der Waals surface area contributed by atoms with E-state index in [0.717, 1.165) is 12.1 Å². The van der Waals surface area contributed by atoms with E-state index in [4.69, 9.17) is 0 Å². The van der Waals surface area contributed by atoms with Crippen LogP contribution < -0.4 is 4.72 Å². The Morgan fingerprint density at radius 1 is 1.45 bits per heavy atom. The maximum atomic E-state index is 12.3. The van der Waals surface area contributed by atoms with Crippen LogP contribution in [0.4, 0.5) is 5.69 Å². The van der Waals surface area contributed by atoms with Crippen LogP contribution in [0, 0.1) is 10.1 Å². The predicted molar refractivity (Wildman–Crippen MR) is 76.9 cm³/mol. The molecule has 0 aliphatic carbocycles. The van der Waals surface area contributed by atoms with E-state index >= 15 is 0 Å². The molecule has 2 N–H and O–H groups in total. The summed E-state index contributed by atoms with van der Waals surface area (Å²) in [7, 11) is -4.14. The van der Waals surface area contributed by atoms with Gasteiger partial charge >= 0.3 is 0 Å². The van der Waals surface area contributed by atoms with Gasteiger partial charge in [0, 0.05) is 10.5 Å². The van der Waals surface area contributed by atoms with Crippen molar-refractivity contribution in [3.05, 3.63) is 32.8 Å². The van der Waals surface area contributed by atoms with Gasteiger partial charge in [-0.2, -0.15) is 0 Å². The Labute approximate surface area is 125 Å². The van der Waals surface area contributed by atoms with Crippen molar-refractivity contribution in [2.45, 2.75) is 37.3 Å². The van der Waals surface area contributed by atoms with Gasteiger partial charge in [-0.25, -0.2) is 13.1 Å². The lowest BCUT2D eigenvalue weighted by Gasteiger charge is -2.28. The minimum absolute atomic E-state index is 0.401. The summed E-state index contributed by atoms with van der Waals surface area (Å²) in [5.41, 5.74) is -1.68. The number of nitro groups is 1. The molecule has 1 rings (SSSR count). The van der Waals surface area contributed by atoms with E-state index < -0.39 is 37.2 Å². The summed E-state index contributed by atoms with van der Waals surface area (Å²) in [5.74, 6) is 0. The Bertz CT molecular complexity index is 628. The quantitative estimate of drug-likeness (QED) is 0.609. The van der Waals surface area contributed by atoms with Gasteiger partial charge in [-0.15, -0.1) is 0 Å². The second-order valence-corrected chi connectivity index (χ2v) is 7.44. The lowest BCUT2D eigenvalue weighted by molar-refractivity contribution is -0.387. The zero-order chi connectivity index (χ0) is 15.7. The highest BCUT2D eigenvalue weighted by Crippen LogP contribution is 2.28. The Hall–Kier alpha value is -1.03. The Kier molecular flexibility index (Phi) is 4.90. The molecule has 1 aromatic rings. The fraction of sp³-hybridized carbons (Fsp3) is 0.455. The molecule has 1 atom stereocenters. The molecule has 0 spiro atoms. The molecule has 1 aromatic carbocycles. The maximum Gasteiger partial charge on any atom is 0.289 e. The second-order valence-electron chi connectivity index (χ2n) is 4.87. The number of nitrogens with one attached hydrogen (secondary N) is 1. The highest BCUT2D eigenvalue weighted by Gasteiger charge is 2.34. The average Bonchev–Trinajstić information content (AvgIpc) is 2.26. The number of aliphatic hydroxyl groups excluding tert-OH is 1. The first-order chi connectivity index (χ1) is 8.97. The van der Waals surface area contributed by atoms with E-state index in [1.54, 1.807) is 0 Å². The molecule has 112 valence electrons. The molecule has 20 heavy (non-hydrogen) atoms. The molecule has 0 heterocycles. The van der Waals surface area contributed by atoms with Crippen LogP contribution in [0.15, 0.2) is 27.6 Å². The minimum Gasteiger partial charge on any atom is -0.391 e. The first-order valence-corrected chi connectivity index (χ1v) is 7.91. The summed E-state index contributed by atoms with van der Waals surface area (Å²) in [4.78, 5) is 9.71. The Balaban J connectivity index is 3.36. The van der Waals surface area contributed by atoms with Crippen molar-refractivity contribution in [1.29, 1.82) is 0 Å². The van der Waals surface area contributed by atoms with Crippen molar-refractivity contribution in [2.75, 3.05) is 0 Å². The minimum atomic E-state index is -4.14. The number of rotatable bonds is 5. The number of nitrogens with zero attached hydrogens (tertiary/aromatic N) is 1. The summed E-state index contributed by atoms with van der Waals surface area (Å²) < 4.78 is 27.2. The van der Waals surface area contributed by atoms with Gasteiger partial charge in [0.25, 0.3) is 5.69 Å². The summed E-state index contributed by atoms with van der Waals surface area (Å²) in [6, 6.07) is 3.64. The van der Waals surface area contributed by atoms with E-state index in [9.17, 15) is 23.6 Å². The van der Waals surface area contributed by atoms with E-state index in [0.29, 0.717) is 4.47 Å². The van der Waals surface area contributed by atoms with Crippen molar-refractivity contribution in [1.82, 2.24) is 4.72 Å². The molecule has 0 amide bonds. The van der Waals surface area contributed by atoms with E-state index in [1.807, 2.05) is 0 Å². The van der Waals surface area contributed by atoms with Crippen molar-refractivity contribution >= 4 is 31.6 Å². The molecule has 0 saturated heterocycles. The number of aliphatic hydroxyl groups is 1. The lowest BCUT2D eigenvalue weighted by atomic mass is 10.0. The summed E-state index contributed by atoms with van der Waals surface area (Å²) in [5, 5.41) is 20.5. The fourth-order valence-electron chi connectivity index (χ4n) is 1.34.